The van der Waals surface area contributed by atoms with Gasteiger partial charge in [0, 0.05) is 23.9 Å². The zero-order chi connectivity index (χ0) is 23.1. The molecule has 3 rings (SSSR count). The molecular formula is C23H23FN2O5S. The summed E-state index contributed by atoms with van der Waals surface area (Å²) in [5.41, 5.74) is 1.08. The first-order valence-electron chi connectivity index (χ1n) is 9.67. The van der Waals surface area contributed by atoms with E-state index in [1.807, 2.05) is 6.07 Å². The Bertz CT molecular complexity index is 1160. The quantitative estimate of drug-likeness (QED) is 0.513. The highest BCUT2D eigenvalue weighted by Gasteiger charge is 2.28. The minimum Gasteiger partial charge on any atom is -0.497 e. The fraction of sp³-hybridized carbons (Fsp3) is 0.174. The van der Waals surface area contributed by atoms with E-state index in [0.29, 0.717) is 17.2 Å². The summed E-state index contributed by atoms with van der Waals surface area (Å²) in [6.45, 7) is 0. The molecule has 3 aromatic rings. The first kappa shape index (κ1) is 23.2. The number of ether oxygens (including phenoxy) is 2. The van der Waals surface area contributed by atoms with Gasteiger partial charge in [0.05, 0.1) is 14.2 Å². The van der Waals surface area contributed by atoms with Gasteiger partial charge in [-0.2, -0.15) is 4.72 Å². The Balaban J connectivity index is 1.90. The number of amides is 1. The third kappa shape index (κ3) is 5.83. The molecule has 2 N–H and O–H groups in total. The predicted molar refractivity (Wildman–Crippen MR) is 119 cm³/mol. The fourth-order valence-electron chi connectivity index (χ4n) is 3.06. The molecule has 0 aliphatic carbocycles. The van der Waals surface area contributed by atoms with Crippen molar-refractivity contribution in [3.63, 3.8) is 0 Å². The molecule has 1 amide bonds. The van der Waals surface area contributed by atoms with Crippen LogP contribution in [0.2, 0.25) is 0 Å². The van der Waals surface area contributed by atoms with Crippen LogP contribution in [0.15, 0.2) is 77.7 Å². The van der Waals surface area contributed by atoms with E-state index in [1.165, 1.54) is 26.4 Å². The first-order valence-corrected chi connectivity index (χ1v) is 11.2. The van der Waals surface area contributed by atoms with E-state index in [4.69, 9.17) is 9.47 Å². The summed E-state index contributed by atoms with van der Waals surface area (Å²) in [7, 11) is -1.36. The Hall–Kier alpha value is -3.43. The van der Waals surface area contributed by atoms with Crippen LogP contribution in [0.3, 0.4) is 0 Å². The van der Waals surface area contributed by atoms with Crippen LogP contribution >= 0.6 is 0 Å². The van der Waals surface area contributed by atoms with Crippen LogP contribution in [0.5, 0.6) is 11.5 Å². The summed E-state index contributed by atoms with van der Waals surface area (Å²) in [6, 6.07) is 17.5. The van der Waals surface area contributed by atoms with Crippen molar-refractivity contribution in [1.29, 1.82) is 0 Å². The predicted octanol–water partition coefficient (Wildman–Crippen LogP) is 3.37. The standard InChI is InChI=1S/C23H23FN2O5S/c1-30-18-13-17(14-19(15-18)31-2)25-23(27)21(12-16-8-4-3-5-9-16)26-32(28,29)22-11-7-6-10-20(22)24/h3-11,13-15,21,26H,12H2,1-2H3,(H,25,27). The van der Waals surface area contributed by atoms with Gasteiger partial charge in [0.25, 0.3) is 0 Å². The molecule has 0 aliphatic heterocycles. The smallest absolute Gasteiger partial charge is 0.244 e. The molecule has 3 aromatic carbocycles. The molecule has 168 valence electrons. The van der Waals surface area contributed by atoms with Crippen molar-refractivity contribution >= 4 is 21.6 Å². The van der Waals surface area contributed by atoms with Crippen molar-refractivity contribution in [2.45, 2.75) is 17.4 Å². The second-order valence-electron chi connectivity index (χ2n) is 6.88. The lowest BCUT2D eigenvalue weighted by Crippen LogP contribution is -2.45. The summed E-state index contributed by atoms with van der Waals surface area (Å²) >= 11 is 0. The molecule has 0 saturated carbocycles. The first-order chi connectivity index (χ1) is 15.3. The number of rotatable bonds is 9. The number of hydrogen-bond acceptors (Lipinski definition) is 5. The maximum atomic E-state index is 14.1. The normalized spacial score (nSPS) is 12.1. The molecular weight excluding hydrogens is 435 g/mol. The van der Waals surface area contributed by atoms with Gasteiger partial charge in [-0.25, -0.2) is 12.8 Å². The Morgan fingerprint density at radius 2 is 1.53 bits per heavy atom. The van der Waals surface area contributed by atoms with Crippen LogP contribution < -0.4 is 19.5 Å². The Morgan fingerprint density at radius 3 is 2.12 bits per heavy atom. The van der Waals surface area contributed by atoms with E-state index in [1.54, 1.807) is 42.5 Å². The minimum absolute atomic E-state index is 0.0570. The highest BCUT2D eigenvalue weighted by molar-refractivity contribution is 7.89. The van der Waals surface area contributed by atoms with E-state index in [0.717, 1.165) is 17.7 Å². The van der Waals surface area contributed by atoms with Gasteiger partial charge in [-0.15, -0.1) is 0 Å². The van der Waals surface area contributed by atoms with Crippen LogP contribution in [-0.2, 0) is 21.2 Å². The average molecular weight is 459 g/mol. The molecule has 0 bridgehead atoms. The molecule has 0 radical (unpaired) electrons. The van der Waals surface area contributed by atoms with Gasteiger partial charge < -0.3 is 14.8 Å². The molecule has 0 aliphatic rings. The van der Waals surface area contributed by atoms with Crippen molar-refractivity contribution in [2.24, 2.45) is 0 Å². The second-order valence-corrected chi connectivity index (χ2v) is 8.57. The third-order valence-corrected chi connectivity index (χ3v) is 6.15. The maximum Gasteiger partial charge on any atom is 0.244 e. The van der Waals surface area contributed by atoms with Gasteiger partial charge in [0.15, 0.2) is 0 Å². The molecule has 9 heteroatoms. The number of carbonyl (C=O) groups is 1. The van der Waals surface area contributed by atoms with E-state index >= 15 is 0 Å². The lowest BCUT2D eigenvalue weighted by atomic mass is 10.1. The van der Waals surface area contributed by atoms with Gasteiger partial charge in [0.1, 0.15) is 28.3 Å². The van der Waals surface area contributed by atoms with Gasteiger partial charge >= 0.3 is 0 Å². The van der Waals surface area contributed by atoms with Crippen LogP contribution in [0.4, 0.5) is 10.1 Å². The van der Waals surface area contributed by atoms with Crippen LogP contribution in [0, 0.1) is 5.82 Å². The highest BCUT2D eigenvalue weighted by Crippen LogP contribution is 2.26. The zero-order valence-corrected chi connectivity index (χ0v) is 18.4. The van der Waals surface area contributed by atoms with Crippen molar-refractivity contribution in [1.82, 2.24) is 4.72 Å². The monoisotopic (exact) mass is 458 g/mol. The third-order valence-electron chi connectivity index (χ3n) is 4.64. The summed E-state index contributed by atoms with van der Waals surface area (Å²) in [4.78, 5) is 12.6. The van der Waals surface area contributed by atoms with Gasteiger partial charge in [-0.05, 0) is 24.1 Å². The largest absolute Gasteiger partial charge is 0.497 e. The Kier molecular flexibility index (Phi) is 7.45. The number of anilines is 1. The minimum atomic E-state index is -4.31. The van der Waals surface area contributed by atoms with Crippen molar-refractivity contribution in [3.05, 3.63) is 84.2 Å². The van der Waals surface area contributed by atoms with Crippen molar-refractivity contribution < 1.29 is 27.1 Å². The number of carbonyl (C=O) groups excluding carboxylic acids is 1. The second kappa shape index (κ2) is 10.3. The summed E-state index contributed by atoms with van der Waals surface area (Å²) < 4.78 is 52.5. The van der Waals surface area contributed by atoms with E-state index in [2.05, 4.69) is 10.0 Å². The lowest BCUT2D eigenvalue weighted by Gasteiger charge is -2.19. The Labute approximate surface area is 186 Å². The average Bonchev–Trinajstić information content (AvgIpc) is 2.79. The molecule has 0 saturated heterocycles. The highest BCUT2D eigenvalue weighted by atomic mass is 32.2. The number of sulfonamides is 1. The van der Waals surface area contributed by atoms with Gasteiger partial charge in [-0.3, -0.25) is 4.79 Å². The van der Waals surface area contributed by atoms with Crippen molar-refractivity contribution in [2.75, 3.05) is 19.5 Å². The van der Waals surface area contributed by atoms with E-state index in [-0.39, 0.29) is 6.42 Å². The summed E-state index contributed by atoms with van der Waals surface area (Å²) in [6.07, 6.45) is 0.0570. The van der Waals surface area contributed by atoms with Crippen LogP contribution in [0.25, 0.3) is 0 Å². The van der Waals surface area contributed by atoms with Crippen LogP contribution in [0.1, 0.15) is 5.56 Å². The lowest BCUT2D eigenvalue weighted by molar-refractivity contribution is -0.117. The maximum absolute atomic E-state index is 14.1. The number of halogens is 1. The molecule has 1 atom stereocenters. The molecule has 0 spiro atoms. The van der Waals surface area contributed by atoms with Crippen molar-refractivity contribution in [3.8, 4) is 11.5 Å². The molecule has 32 heavy (non-hydrogen) atoms. The fourth-order valence-corrected chi connectivity index (χ4v) is 4.33. The molecule has 7 nitrogen and oxygen atoms in total. The number of methoxy groups -OCH3 is 2. The van der Waals surface area contributed by atoms with Crippen LogP contribution in [-0.4, -0.2) is 34.6 Å². The Morgan fingerprint density at radius 1 is 0.938 bits per heavy atom. The SMILES string of the molecule is COc1cc(NC(=O)C(Cc2ccccc2)NS(=O)(=O)c2ccccc2F)cc(OC)c1. The topological polar surface area (TPSA) is 93.7 Å². The van der Waals surface area contributed by atoms with Gasteiger partial charge in [0.2, 0.25) is 15.9 Å². The molecule has 0 aromatic heterocycles. The zero-order valence-electron chi connectivity index (χ0n) is 17.5. The summed E-state index contributed by atoms with van der Waals surface area (Å²) in [5.74, 6) is -0.627. The molecule has 0 heterocycles. The number of benzene rings is 3. The van der Waals surface area contributed by atoms with Gasteiger partial charge in [-0.1, -0.05) is 42.5 Å². The molecule has 1 unspecified atom stereocenters. The number of nitrogens with one attached hydrogen (secondary N) is 2. The van der Waals surface area contributed by atoms with E-state index in [9.17, 15) is 17.6 Å². The number of hydrogen-bond donors (Lipinski definition) is 2. The molecule has 0 fully saturated rings. The summed E-state index contributed by atoms with van der Waals surface area (Å²) in [5, 5.41) is 2.68. The van der Waals surface area contributed by atoms with E-state index < -0.39 is 32.7 Å².